The van der Waals surface area contributed by atoms with Gasteiger partial charge in [0, 0.05) is 6.04 Å². The van der Waals surface area contributed by atoms with Crippen molar-refractivity contribution in [2.45, 2.75) is 39.2 Å². The molecule has 0 saturated heterocycles. The highest BCUT2D eigenvalue weighted by Crippen LogP contribution is 2.07. The Morgan fingerprint density at radius 1 is 1.29 bits per heavy atom. The summed E-state index contributed by atoms with van der Waals surface area (Å²) in [7, 11) is 0. The summed E-state index contributed by atoms with van der Waals surface area (Å²) in [5.74, 6) is 0.515. The summed E-state index contributed by atoms with van der Waals surface area (Å²) < 4.78 is 0. The van der Waals surface area contributed by atoms with Crippen molar-refractivity contribution in [1.29, 1.82) is 0 Å². The van der Waals surface area contributed by atoms with Crippen molar-refractivity contribution in [3.8, 4) is 0 Å². The van der Waals surface area contributed by atoms with Crippen molar-refractivity contribution in [2.24, 2.45) is 5.73 Å². The summed E-state index contributed by atoms with van der Waals surface area (Å²) in [6, 6.07) is 0.262. The normalized spacial score (nSPS) is 10.5. The van der Waals surface area contributed by atoms with E-state index in [9.17, 15) is 0 Å². The van der Waals surface area contributed by atoms with Gasteiger partial charge in [0.05, 0.1) is 17.6 Å². The van der Waals surface area contributed by atoms with Crippen molar-refractivity contribution in [3.63, 3.8) is 0 Å². The Kier molecular flexibility index (Phi) is 14.0. The minimum Gasteiger partial charge on any atom is -0.382 e. The van der Waals surface area contributed by atoms with Crippen LogP contribution >= 0.6 is 37.2 Å². The molecule has 0 bridgehead atoms. The molecule has 0 unspecified atom stereocenters. The molecule has 1 heterocycles. The smallest absolute Gasteiger partial charge is 0.144 e. The van der Waals surface area contributed by atoms with Gasteiger partial charge >= 0.3 is 0 Å². The fourth-order valence-corrected chi connectivity index (χ4v) is 1.26. The van der Waals surface area contributed by atoms with E-state index in [0.717, 1.165) is 30.7 Å². The van der Waals surface area contributed by atoms with Gasteiger partial charge in [-0.15, -0.1) is 37.2 Å². The molecule has 0 radical (unpaired) electrons. The Hall–Kier alpha value is -0.290. The van der Waals surface area contributed by atoms with Crippen LogP contribution < -0.4 is 11.5 Å². The molecule has 0 aliphatic carbocycles. The molecule has 4 nitrogen and oxygen atoms in total. The maximum atomic E-state index is 5.65. The highest BCUT2D eigenvalue weighted by molar-refractivity contribution is 5.86. The first kappa shape index (κ1) is 21.9. The lowest BCUT2D eigenvalue weighted by Crippen LogP contribution is -2.14. The number of aromatic nitrogens is 2. The number of aryl methyl sites for hydroxylation is 2. The molecule has 1 rings (SSSR count). The van der Waals surface area contributed by atoms with Crippen LogP contribution in [0.4, 0.5) is 5.82 Å². The molecule has 0 spiro atoms. The summed E-state index contributed by atoms with van der Waals surface area (Å²) in [5, 5.41) is 0. The largest absolute Gasteiger partial charge is 0.382 e. The van der Waals surface area contributed by atoms with E-state index in [-0.39, 0.29) is 43.3 Å². The molecule has 0 saturated carbocycles. The number of rotatable bonds is 4. The summed E-state index contributed by atoms with van der Waals surface area (Å²) in [6.45, 7) is 3.89. The van der Waals surface area contributed by atoms with Crippen molar-refractivity contribution in [2.75, 3.05) is 5.73 Å². The first-order chi connectivity index (χ1) is 6.59. The second kappa shape index (κ2) is 10.8. The van der Waals surface area contributed by atoms with Gasteiger partial charge in [-0.05, 0) is 33.1 Å². The molecular formula is C10H21Cl3N4. The van der Waals surface area contributed by atoms with E-state index >= 15 is 0 Å². The van der Waals surface area contributed by atoms with E-state index in [1.807, 2.05) is 13.8 Å². The van der Waals surface area contributed by atoms with Gasteiger partial charge in [0.2, 0.25) is 0 Å². The molecule has 4 N–H and O–H groups in total. The first-order valence-electron chi connectivity index (χ1n) is 4.93. The number of nitrogen functional groups attached to an aromatic ring is 1. The summed E-state index contributed by atoms with van der Waals surface area (Å²) >= 11 is 0. The number of hydrogen-bond donors (Lipinski definition) is 2. The van der Waals surface area contributed by atoms with E-state index in [2.05, 4.69) is 9.97 Å². The molecule has 1 atom stereocenters. The van der Waals surface area contributed by atoms with Crippen molar-refractivity contribution in [3.05, 3.63) is 17.6 Å². The summed E-state index contributed by atoms with van der Waals surface area (Å²) in [6.07, 6.45) is 4.74. The number of hydrogen-bond acceptors (Lipinski definition) is 4. The second-order valence-corrected chi connectivity index (χ2v) is 3.70. The van der Waals surface area contributed by atoms with Gasteiger partial charge < -0.3 is 11.5 Å². The molecule has 0 fully saturated rings. The SMILES string of the molecule is Cc1nc(CCC[C@H](C)N)cnc1N.Cl.Cl.Cl. The minimum atomic E-state index is 0. The van der Waals surface area contributed by atoms with Crippen molar-refractivity contribution < 1.29 is 0 Å². The fraction of sp³-hybridized carbons (Fsp3) is 0.600. The molecule has 17 heavy (non-hydrogen) atoms. The Morgan fingerprint density at radius 3 is 2.35 bits per heavy atom. The van der Waals surface area contributed by atoms with E-state index < -0.39 is 0 Å². The quantitative estimate of drug-likeness (QED) is 0.894. The van der Waals surface area contributed by atoms with Crippen LogP contribution in [0, 0.1) is 6.92 Å². The van der Waals surface area contributed by atoms with Crippen LogP contribution in [0.3, 0.4) is 0 Å². The third-order valence-corrected chi connectivity index (χ3v) is 2.13. The number of halogens is 3. The molecule has 1 aromatic rings. The molecule has 0 amide bonds. The summed E-state index contributed by atoms with van der Waals surface area (Å²) in [5.41, 5.74) is 13.0. The average Bonchev–Trinajstić information content (AvgIpc) is 2.10. The minimum absolute atomic E-state index is 0. The number of nitrogens with zero attached hydrogens (tertiary/aromatic N) is 2. The van der Waals surface area contributed by atoms with Gasteiger partial charge in [-0.2, -0.15) is 0 Å². The van der Waals surface area contributed by atoms with Crippen molar-refractivity contribution >= 4 is 43.0 Å². The van der Waals surface area contributed by atoms with Crippen LogP contribution in [-0.2, 0) is 6.42 Å². The summed E-state index contributed by atoms with van der Waals surface area (Å²) in [4.78, 5) is 8.40. The zero-order valence-corrected chi connectivity index (χ0v) is 12.5. The van der Waals surface area contributed by atoms with Gasteiger partial charge in [-0.1, -0.05) is 0 Å². The Morgan fingerprint density at radius 2 is 1.88 bits per heavy atom. The highest BCUT2D eigenvalue weighted by Gasteiger charge is 2.01. The molecule has 0 aliphatic heterocycles. The second-order valence-electron chi connectivity index (χ2n) is 3.70. The Bertz CT molecular complexity index is 308. The highest BCUT2D eigenvalue weighted by atomic mass is 35.5. The van der Waals surface area contributed by atoms with E-state index in [0.29, 0.717) is 5.82 Å². The van der Waals surface area contributed by atoms with Crippen LogP contribution in [0.15, 0.2) is 6.20 Å². The van der Waals surface area contributed by atoms with Gasteiger partial charge in [-0.25, -0.2) is 4.98 Å². The number of anilines is 1. The van der Waals surface area contributed by atoms with Crippen LogP contribution in [0.5, 0.6) is 0 Å². The van der Waals surface area contributed by atoms with Crippen LogP contribution in [0.25, 0.3) is 0 Å². The van der Waals surface area contributed by atoms with Crippen LogP contribution in [-0.4, -0.2) is 16.0 Å². The lowest BCUT2D eigenvalue weighted by Gasteiger charge is -2.05. The predicted molar refractivity (Wildman–Crippen MR) is 79.5 cm³/mol. The molecular weight excluding hydrogens is 282 g/mol. The topological polar surface area (TPSA) is 77.8 Å². The van der Waals surface area contributed by atoms with Gasteiger partial charge in [-0.3, -0.25) is 4.98 Å². The molecule has 0 aromatic carbocycles. The van der Waals surface area contributed by atoms with Gasteiger partial charge in [0.15, 0.2) is 0 Å². The maximum Gasteiger partial charge on any atom is 0.144 e. The van der Waals surface area contributed by atoms with E-state index in [1.165, 1.54) is 0 Å². The van der Waals surface area contributed by atoms with Gasteiger partial charge in [0.1, 0.15) is 5.82 Å². The molecule has 7 heteroatoms. The first-order valence-corrected chi connectivity index (χ1v) is 4.93. The van der Waals surface area contributed by atoms with Gasteiger partial charge in [0.25, 0.3) is 0 Å². The Labute approximate surface area is 121 Å². The average molecular weight is 304 g/mol. The lowest BCUT2D eigenvalue weighted by molar-refractivity contribution is 0.618. The van der Waals surface area contributed by atoms with Crippen LogP contribution in [0.1, 0.15) is 31.2 Å². The third kappa shape index (κ3) is 8.44. The van der Waals surface area contributed by atoms with Crippen LogP contribution in [0.2, 0.25) is 0 Å². The number of nitrogens with two attached hydrogens (primary N) is 2. The standard InChI is InChI=1S/C10H18N4.3ClH/c1-7(11)4-3-5-9-6-13-10(12)8(2)14-9;;;/h6-7H,3-5,11H2,1-2H3,(H2,12,13);3*1H/t7-;;;/m0.../s1. The van der Waals surface area contributed by atoms with E-state index in [1.54, 1.807) is 6.20 Å². The maximum absolute atomic E-state index is 5.65. The zero-order valence-electron chi connectivity index (χ0n) is 10.0. The molecule has 1 aromatic heterocycles. The fourth-order valence-electron chi connectivity index (χ4n) is 1.26. The molecule has 102 valence electrons. The Balaban J connectivity index is -0.000000653. The zero-order chi connectivity index (χ0) is 10.6. The van der Waals surface area contributed by atoms with Crippen molar-refractivity contribution in [1.82, 2.24) is 9.97 Å². The third-order valence-electron chi connectivity index (χ3n) is 2.13. The molecule has 0 aliphatic rings. The predicted octanol–water partition coefficient (Wildman–Crippen LogP) is 2.30. The van der Waals surface area contributed by atoms with E-state index in [4.69, 9.17) is 11.5 Å². The lowest BCUT2D eigenvalue weighted by atomic mass is 10.1. The monoisotopic (exact) mass is 302 g/mol.